The van der Waals surface area contributed by atoms with Gasteiger partial charge in [-0.25, -0.2) is 14.4 Å². The van der Waals surface area contributed by atoms with Gasteiger partial charge >= 0.3 is 18.2 Å². The third kappa shape index (κ3) is 10.3. The number of aliphatic hydroxyl groups is 1. The normalized spacial score (nSPS) is 13.0. The van der Waals surface area contributed by atoms with Crippen LogP contribution in [0.2, 0.25) is 0 Å². The minimum atomic E-state index is -1.33. The molecule has 0 saturated heterocycles. The molecule has 9 heteroatoms. The summed E-state index contributed by atoms with van der Waals surface area (Å²) >= 11 is 0. The van der Waals surface area contributed by atoms with Gasteiger partial charge in [0.05, 0.1) is 12.7 Å². The van der Waals surface area contributed by atoms with E-state index in [0.29, 0.717) is 0 Å². The van der Waals surface area contributed by atoms with Crippen LogP contribution in [0.25, 0.3) is 0 Å². The fourth-order valence-corrected chi connectivity index (χ4v) is 2.24. The van der Waals surface area contributed by atoms with E-state index in [9.17, 15) is 19.5 Å². The van der Waals surface area contributed by atoms with Crippen molar-refractivity contribution in [3.8, 4) is 0 Å². The van der Waals surface area contributed by atoms with Crippen LogP contribution < -0.4 is 10.6 Å². The number of ether oxygens (including phenoxy) is 3. The first-order valence-electron chi connectivity index (χ1n) is 9.41. The Morgan fingerprint density at radius 3 is 2.31 bits per heavy atom. The molecule has 2 amide bonds. The maximum Gasteiger partial charge on any atom is 0.408 e. The molecule has 0 spiro atoms. The minimum absolute atomic E-state index is 0.0142. The number of alkyl carbamates (subject to hydrolysis) is 2. The Kier molecular flexibility index (Phi) is 9.94. The lowest BCUT2D eigenvalue weighted by molar-refractivity contribution is -0.148. The van der Waals surface area contributed by atoms with Crippen molar-refractivity contribution in [3.05, 3.63) is 35.9 Å². The van der Waals surface area contributed by atoms with E-state index in [0.717, 1.165) is 5.56 Å². The summed E-state index contributed by atoms with van der Waals surface area (Å²) in [6.07, 6.45) is -2.82. The molecule has 2 unspecified atom stereocenters. The zero-order valence-corrected chi connectivity index (χ0v) is 17.3. The molecule has 9 nitrogen and oxygen atoms in total. The molecule has 0 bridgehead atoms. The number of hydrogen-bond acceptors (Lipinski definition) is 7. The molecule has 0 heterocycles. The van der Waals surface area contributed by atoms with Crippen molar-refractivity contribution in [2.24, 2.45) is 0 Å². The lowest BCUT2D eigenvalue weighted by atomic mass is 10.1. The standard InChI is InChI=1S/C20H30N2O7/c1-5-27-17(24)16(22-19(26)29-20(2,3)4)15(23)11-12-21-18(25)28-13-14-9-7-6-8-10-14/h6-10,15-16,23H,5,11-13H2,1-4H3,(H,21,25)(H,22,26). The molecule has 162 valence electrons. The van der Waals surface area contributed by atoms with Gasteiger partial charge in [0, 0.05) is 6.54 Å². The molecule has 1 aromatic rings. The van der Waals surface area contributed by atoms with Gasteiger partial charge in [0.1, 0.15) is 12.2 Å². The zero-order chi connectivity index (χ0) is 21.9. The highest BCUT2D eigenvalue weighted by atomic mass is 16.6. The maximum absolute atomic E-state index is 12.1. The number of benzene rings is 1. The van der Waals surface area contributed by atoms with Crippen LogP contribution in [-0.2, 0) is 25.6 Å². The summed E-state index contributed by atoms with van der Waals surface area (Å²) in [5.41, 5.74) is 0.0739. The lowest BCUT2D eigenvalue weighted by Crippen LogP contribution is -2.51. The summed E-state index contributed by atoms with van der Waals surface area (Å²) in [6.45, 7) is 6.86. The Hall–Kier alpha value is -2.81. The fourth-order valence-electron chi connectivity index (χ4n) is 2.24. The van der Waals surface area contributed by atoms with Crippen LogP contribution in [0.15, 0.2) is 30.3 Å². The molecule has 2 atom stereocenters. The number of aliphatic hydroxyl groups excluding tert-OH is 1. The van der Waals surface area contributed by atoms with Crippen LogP contribution in [0.1, 0.15) is 39.7 Å². The monoisotopic (exact) mass is 410 g/mol. The molecule has 1 aromatic carbocycles. The molecule has 0 saturated carbocycles. The lowest BCUT2D eigenvalue weighted by Gasteiger charge is -2.25. The van der Waals surface area contributed by atoms with E-state index in [1.54, 1.807) is 27.7 Å². The summed E-state index contributed by atoms with van der Waals surface area (Å²) in [7, 11) is 0. The first kappa shape index (κ1) is 24.2. The van der Waals surface area contributed by atoms with Crippen LogP contribution in [-0.4, -0.2) is 54.2 Å². The second-order valence-corrected chi connectivity index (χ2v) is 7.22. The first-order chi connectivity index (χ1) is 13.6. The molecule has 0 fully saturated rings. The van der Waals surface area contributed by atoms with Gasteiger partial charge in [-0.3, -0.25) is 0 Å². The molecule has 0 aliphatic carbocycles. The number of esters is 1. The van der Waals surface area contributed by atoms with Gasteiger partial charge < -0.3 is 30.0 Å². The quantitative estimate of drug-likeness (QED) is 0.421. The number of amides is 2. The van der Waals surface area contributed by atoms with E-state index in [1.165, 1.54) is 0 Å². The van der Waals surface area contributed by atoms with Crippen LogP contribution in [0, 0.1) is 0 Å². The number of carbonyl (C=O) groups is 3. The smallest absolute Gasteiger partial charge is 0.408 e. The van der Waals surface area contributed by atoms with Gasteiger partial charge in [0.15, 0.2) is 6.04 Å². The van der Waals surface area contributed by atoms with Crippen LogP contribution >= 0.6 is 0 Å². The van der Waals surface area contributed by atoms with Crippen molar-refractivity contribution in [1.82, 2.24) is 10.6 Å². The van der Waals surface area contributed by atoms with Crippen molar-refractivity contribution < 1.29 is 33.7 Å². The zero-order valence-electron chi connectivity index (χ0n) is 17.3. The minimum Gasteiger partial charge on any atom is -0.464 e. The fraction of sp³-hybridized carbons (Fsp3) is 0.550. The van der Waals surface area contributed by atoms with Gasteiger partial charge in [-0.05, 0) is 39.7 Å². The predicted octanol–water partition coefficient (Wildman–Crippen LogP) is 2.12. The molecule has 3 N–H and O–H groups in total. The summed E-state index contributed by atoms with van der Waals surface area (Å²) in [6, 6.07) is 7.84. The summed E-state index contributed by atoms with van der Waals surface area (Å²) < 4.78 is 15.1. The van der Waals surface area contributed by atoms with Crippen molar-refractivity contribution in [2.45, 2.75) is 58.5 Å². The number of nitrogens with one attached hydrogen (secondary N) is 2. The third-order valence-corrected chi connectivity index (χ3v) is 3.52. The van der Waals surface area contributed by atoms with Crippen molar-refractivity contribution in [3.63, 3.8) is 0 Å². The Morgan fingerprint density at radius 1 is 1.07 bits per heavy atom. The van der Waals surface area contributed by atoms with E-state index in [1.807, 2.05) is 30.3 Å². The summed E-state index contributed by atoms with van der Waals surface area (Å²) in [5, 5.41) is 15.1. The molecule has 0 radical (unpaired) electrons. The number of carbonyl (C=O) groups excluding carboxylic acids is 3. The van der Waals surface area contributed by atoms with E-state index in [2.05, 4.69) is 10.6 Å². The SMILES string of the molecule is CCOC(=O)C(NC(=O)OC(C)(C)C)C(O)CCNC(=O)OCc1ccccc1. The van der Waals surface area contributed by atoms with Crippen LogP contribution in [0.4, 0.5) is 9.59 Å². The third-order valence-electron chi connectivity index (χ3n) is 3.52. The summed E-state index contributed by atoms with van der Waals surface area (Å²) in [5.74, 6) is -0.794. The Labute approximate surface area is 170 Å². The van der Waals surface area contributed by atoms with E-state index < -0.39 is 35.9 Å². The van der Waals surface area contributed by atoms with Gasteiger partial charge in [-0.2, -0.15) is 0 Å². The number of rotatable bonds is 9. The van der Waals surface area contributed by atoms with E-state index >= 15 is 0 Å². The Balaban J connectivity index is 2.49. The molecular formula is C20H30N2O7. The first-order valence-corrected chi connectivity index (χ1v) is 9.41. The van der Waals surface area contributed by atoms with Gasteiger partial charge in [-0.15, -0.1) is 0 Å². The highest BCUT2D eigenvalue weighted by Gasteiger charge is 2.31. The van der Waals surface area contributed by atoms with Gasteiger partial charge in [0.25, 0.3) is 0 Å². The van der Waals surface area contributed by atoms with Crippen molar-refractivity contribution in [2.75, 3.05) is 13.2 Å². The number of hydrogen-bond donors (Lipinski definition) is 3. The molecule has 29 heavy (non-hydrogen) atoms. The topological polar surface area (TPSA) is 123 Å². The van der Waals surface area contributed by atoms with E-state index in [4.69, 9.17) is 14.2 Å². The highest BCUT2D eigenvalue weighted by Crippen LogP contribution is 2.09. The van der Waals surface area contributed by atoms with E-state index in [-0.39, 0.29) is 26.2 Å². The second kappa shape index (κ2) is 11.9. The van der Waals surface area contributed by atoms with Gasteiger partial charge in [-0.1, -0.05) is 30.3 Å². The molecular weight excluding hydrogens is 380 g/mol. The molecule has 1 rings (SSSR count). The largest absolute Gasteiger partial charge is 0.464 e. The molecule has 0 aromatic heterocycles. The Morgan fingerprint density at radius 2 is 1.72 bits per heavy atom. The molecule has 0 aliphatic heterocycles. The van der Waals surface area contributed by atoms with Gasteiger partial charge in [0.2, 0.25) is 0 Å². The second-order valence-electron chi connectivity index (χ2n) is 7.22. The average Bonchev–Trinajstić information content (AvgIpc) is 2.64. The highest BCUT2D eigenvalue weighted by molar-refractivity contribution is 5.82. The molecule has 0 aliphatic rings. The summed E-state index contributed by atoms with van der Waals surface area (Å²) in [4.78, 5) is 35.8. The van der Waals surface area contributed by atoms with Crippen LogP contribution in [0.3, 0.4) is 0 Å². The van der Waals surface area contributed by atoms with Crippen LogP contribution in [0.5, 0.6) is 0 Å². The predicted molar refractivity (Wildman–Crippen MR) is 105 cm³/mol. The Bertz CT molecular complexity index is 659. The average molecular weight is 410 g/mol. The van der Waals surface area contributed by atoms with Crippen molar-refractivity contribution in [1.29, 1.82) is 0 Å². The maximum atomic E-state index is 12.1. The van der Waals surface area contributed by atoms with Crippen molar-refractivity contribution >= 4 is 18.2 Å².